The molecule has 0 amide bonds. The molecular weight excluding hydrogens is 348 g/mol. The van der Waals surface area contributed by atoms with Crippen LogP contribution in [0.2, 0.25) is 0 Å². The third kappa shape index (κ3) is 2.52. The number of halogens is 4. The summed E-state index contributed by atoms with van der Waals surface area (Å²) in [7, 11) is -4.06. The number of rotatable bonds is 2. The summed E-state index contributed by atoms with van der Waals surface area (Å²) in [5, 5.41) is 2.71. The van der Waals surface area contributed by atoms with E-state index in [9.17, 15) is 26.0 Å². The molecule has 2 aromatic rings. The lowest BCUT2D eigenvalue weighted by molar-refractivity contribution is -0.172. The largest absolute Gasteiger partial charge is 0.403 e. The Morgan fingerprint density at radius 3 is 2.54 bits per heavy atom. The molecule has 2 heterocycles. The van der Waals surface area contributed by atoms with Gasteiger partial charge in [-0.1, -0.05) is 6.07 Å². The predicted octanol–water partition coefficient (Wildman–Crippen LogP) is 3.17. The van der Waals surface area contributed by atoms with Gasteiger partial charge < -0.3 is 5.32 Å². The predicted molar refractivity (Wildman–Crippen MR) is 80.5 cm³/mol. The maximum Gasteiger partial charge on any atom is 0.403 e. The molecule has 0 saturated heterocycles. The van der Waals surface area contributed by atoms with Crippen molar-refractivity contribution in [2.24, 2.45) is 0 Å². The Kier molecular flexibility index (Phi) is 3.59. The van der Waals surface area contributed by atoms with Gasteiger partial charge in [-0.05, 0) is 29.8 Å². The molecular formula is C15H12F4N2O2S. The Balaban J connectivity index is 2.44. The fraction of sp³-hybridized carbons (Fsp3) is 0.267. The average Bonchev–Trinajstić information content (AvgIpc) is 2.45. The van der Waals surface area contributed by atoms with Gasteiger partial charge in [-0.2, -0.15) is 13.2 Å². The van der Waals surface area contributed by atoms with Crippen LogP contribution in [0.4, 0.5) is 29.1 Å². The summed E-state index contributed by atoms with van der Waals surface area (Å²) in [6.45, 7) is 0. The van der Waals surface area contributed by atoms with E-state index in [1.54, 1.807) is 0 Å². The van der Waals surface area contributed by atoms with E-state index in [-0.39, 0.29) is 17.1 Å². The minimum absolute atomic E-state index is 0.0245. The van der Waals surface area contributed by atoms with E-state index in [1.165, 1.54) is 12.3 Å². The summed E-state index contributed by atoms with van der Waals surface area (Å²) >= 11 is 0. The highest BCUT2D eigenvalue weighted by atomic mass is 32.2. The number of hydrogen-bond acceptors (Lipinski definition) is 4. The molecule has 4 nitrogen and oxygen atoms in total. The highest BCUT2D eigenvalue weighted by Crippen LogP contribution is 2.54. The van der Waals surface area contributed by atoms with Gasteiger partial charge in [0.05, 0.1) is 5.75 Å². The summed E-state index contributed by atoms with van der Waals surface area (Å²) in [5.74, 6) is -2.22. The first-order valence-electron chi connectivity index (χ1n) is 6.81. The number of pyridine rings is 1. The van der Waals surface area contributed by atoms with Crippen molar-refractivity contribution in [3.63, 3.8) is 0 Å². The van der Waals surface area contributed by atoms with Gasteiger partial charge in [0, 0.05) is 23.7 Å². The molecule has 0 radical (unpaired) electrons. The minimum atomic E-state index is -4.97. The Labute approximate surface area is 135 Å². The quantitative estimate of drug-likeness (QED) is 0.836. The van der Waals surface area contributed by atoms with E-state index < -0.39 is 38.6 Å². The van der Waals surface area contributed by atoms with Crippen molar-refractivity contribution >= 4 is 21.3 Å². The Hall–Kier alpha value is -2.16. The Morgan fingerprint density at radius 1 is 1.21 bits per heavy atom. The van der Waals surface area contributed by atoms with Gasteiger partial charge in [0.25, 0.3) is 0 Å². The van der Waals surface area contributed by atoms with Gasteiger partial charge in [-0.3, -0.25) is 0 Å². The van der Waals surface area contributed by atoms with Gasteiger partial charge >= 0.3 is 6.18 Å². The van der Waals surface area contributed by atoms with E-state index in [0.29, 0.717) is 0 Å². The number of fused-ring (bicyclic) bond motifs is 2. The van der Waals surface area contributed by atoms with Crippen molar-refractivity contribution in [1.29, 1.82) is 0 Å². The van der Waals surface area contributed by atoms with E-state index in [0.717, 1.165) is 30.5 Å². The fourth-order valence-electron chi connectivity index (χ4n) is 3.04. The van der Waals surface area contributed by atoms with Crippen LogP contribution in [0, 0.1) is 5.82 Å². The van der Waals surface area contributed by atoms with Crippen molar-refractivity contribution < 1.29 is 26.0 Å². The SMILES string of the molecule is CS(=O)(=O)CC1(C(F)(F)F)c2cc(F)ccc2Nc2ncccc21. The zero-order valence-electron chi connectivity index (χ0n) is 12.4. The van der Waals surface area contributed by atoms with Crippen LogP contribution in [0.25, 0.3) is 0 Å². The van der Waals surface area contributed by atoms with Gasteiger partial charge in [0.1, 0.15) is 26.9 Å². The van der Waals surface area contributed by atoms with E-state index >= 15 is 0 Å². The number of nitrogens with zero attached hydrogens (tertiary/aromatic N) is 1. The molecule has 128 valence electrons. The highest BCUT2D eigenvalue weighted by Gasteiger charge is 2.62. The molecule has 1 unspecified atom stereocenters. The van der Waals surface area contributed by atoms with Gasteiger partial charge in [0.15, 0.2) is 0 Å². The topological polar surface area (TPSA) is 59.1 Å². The number of hydrogen-bond donors (Lipinski definition) is 1. The lowest BCUT2D eigenvalue weighted by Crippen LogP contribution is -2.50. The standard InChI is InChI=1S/C15H12F4N2O2S/c1-24(22,23)8-14(15(17,18)19)10-3-2-6-20-13(10)21-12-5-4-9(16)7-11(12)14/h2-7H,8H2,1H3,(H,20,21). The van der Waals surface area contributed by atoms with Crippen molar-refractivity contribution in [1.82, 2.24) is 4.98 Å². The zero-order valence-corrected chi connectivity index (χ0v) is 13.2. The van der Waals surface area contributed by atoms with Crippen LogP contribution in [-0.4, -0.2) is 31.6 Å². The number of nitrogens with one attached hydrogen (secondary N) is 1. The summed E-state index contributed by atoms with van der Waals surface area (Å²) in [4.78, 5) is 3.88. The van der Waals surface area contributed by atoms with Crippen molar-refractivity contribution in [3.05, 3.63) is 53.5 Å². The monoisotopic (exact) mass is 360 g/mol. The first kappa shape index (κ1) is 16.7. The van der Waals surface area contributed by atoms with Crippen molar-refractivity contribution in [2.75, 3.05) is 17.3 Å². The number of sulfone groups is 1. The molecule has 1 N–H and O–H groups in total. The molecule has 1 aliphatic heterocycles. The van der Waals surface area contributed by atoms with Crippen LogP contribution in [-0.2, 0) is 15.3 Å². The van der Waals surface area contributed by atoms with Gasteiger partial charge in [-0.15, -0.1) is 0 Å². The molecule has 0 saturated carbocycles. The maximum absolute atomic E-state index is 14.2. The average molecular weight is 360 g/mol. The molecule has 24 heavy (non-hydrogen) atoms. The normalized spacial score (nSPS) is 20.0. The lowest BCUT2D eigenvalue weighted by Gasteiger charge is -2.41. The summed E-state index contributed by atoms with van der Waals surface area (Å²) < 4.78 is 79.8. The smallest absolute Gasteiger partial charge is 0.340 e. The van der Waals surface area contributed by atoms with Crippen molar-refractivity contribution in [2.45, 2.75) is 11.6 Å². The van der Waals surface area contributed by atoms with E-state index in [1.807, 2.05) is 0 Å². The van der Waals surface area contributed by atoms with E-state index in [4.69, 9.17) is 0 Å². The molecule has 0 fully saturated rings. The third-order valence-corrected chi connectivity index (χ3v) is 4.88. The van der Waals surface area contributed by atoms with Crippen LogP contribution in [0.15, 0.2) is 36.5 Å². The Morgan fingerprint density at radius 2 is 1.92 bits per heavy atom. The number of aromatic nitrogens is 1. The summed E-state index contributed by atoms with van der Waals surface area (Å²) in [5.41, 5.74) is -3.74. The highest BCUT2D eigenvalue weighted by molar-refractivity contribution is 7.90. The fourth-order valence-corrected chi connectivity index (χ4v) is 4.30. The lowest BCUT2D eigenvalue weighted by atomic mass is 9.72. The van der Waals surface area contributed by atoms with Crippen LogP contribution < -0.4 is 5.32 Å². The van der Waals surface area contributed by atoms with E-state index in [2.05, 4.69) is 10.3 Å². The first-order valence-corrected chi connectivity index (χ1v) is 8.88. The summed E-state index contributed by atoms with van der Waals surface area (Å²) in [6, 6.07) is 5.30. The van der Waals surface area contributed by atoms with Crippen molar-refractivity contribution in [3.8, 4) is 0 Å². The van der Waals surface area contributed by atoms with Crippen LogP contribution in [0.1, 0.15) is 11.1 Å². The maximum atomic E-state index is 14.2. The zero-order chi connectivity index (χ0) is 17.8. The third-order valence-electron chi connectivity index (χ3n) is 3.92. The number of anilines is 2. The van der Waals surface area contributed by atoms with Crippen LogP contribution in [0.5, 0.6) is 0 Å². The van der Waals surface area contributed by atoms with Crippen LogP contribution >= 0.6 is 0 Å². The number of alkyl halides is 3. The van der Waals surface area contributed by atoms with Gasteiger partial charge in [0.2, 0.25) is 0 Å². The number of benzene rings is 1. The molecule has 1 aromatic heterocycles. The first-order chi connectivity index (χ1) is 11.0. The molecule has 1 aliphatic rings. The minimum Gasteiger partial charge on any atom is -0.340 e. The molecule has 1 aromatic carbocycles. The van der Waals surface area contributed by atoms with Crippen LogP contribution in [0.3, 0.4) is 0 Å². The second-order valence-electron chi connectivity index (χ2n) is 5.69. The molecule has 9 heteroatoms. The molecule has 0 aliphatic carbocycles. The molecule has 1 atom stereocenters. The molecule has 0 spiro atoms. The Bertz CT molecular complexity index is 912. The second kappa shape index (κ2) is 5.17. The second-order valence-corrected chi connectivity index (χ2v) is 7.83. The molecule has 0 bridgehead atoms. The molecule has 3 rings (SSSR count). The summed E-state index contributed by atoms with van der Waals surface area (Å²) in [6.07, 6.45) is -2.96. The van der Waals surface area contributed by atoms with Gasteiger partial charge in [-0.25, -0.2) is 17.8 Å².